The van der Waals surface area contributed by atoms with Crippen LogP contribution in [0.3, 0.4) is 0 Å². The summed E-state index contributed by atoms with van der Waals surface area (Å²) >= 11 is 5.91. The number of amides is 1. The molecule has 2 aromatic carbocycles. The summed E-state index contributed by atoms with van der Waals surface area (Å²) in [6.07, 6.45) is 0.410. The van der Waals surface area contributed by atoms with Crippen LogP contribution in [0.4, 0.5) is 5.69 Å². The molecule has 0 radical (unpaired) electrons. The van der Waals surface area contributed by atoms with Gasteiger partial charge in [-0.05, 0) is 68.1 Å². The summed E-state index contributed by atoms with van der Waals surface area (Å²) in [4.78, 5) is 28.1. The maximum absolute atomic E-state index is 13.5. The Morgan fingerprint density at radius 3 is 2.55 bits per heavy atom. The largest absolute Gasteiger partial charge is 0.497 e. The second-order valence-electron chi connectivity index (χ2n) is 8.64. The molecule has 0 saturated heterocycles. The minimum Gasteiger partial charge on any atom is -0.497 e. The summed E-state index contributed by atoms with van der Waals surface area (Å²) in [5, 5.41) is 12.1. The zero-order valence-electron chi connectivity index (χ0n) is 17.0. The zero-order valence-corrected chi connectivity index (χ0v) is 17.7. The Kier molecular flexibility index (Phi) is 4.52. The Labute approximate surface area is 175 Å². The first-order valence-corrected chi connectivity index (χ1v) is 10.0. The molecule has 2 aliphatic heterocycles. The topological polar surface area (TPSA) is 66.8 Å². The number of halogens is 1. The van der Waals surface area contributed by atoms with Crippen LogP contribution in [0.2, 0.25) is 5.02 Å². The van der Waals surface area contributed by atoms with Gasteiger partial charge in [-0.2, -0.15) is 0 Å². The van der Waals surface area contributed by atoms with E-state index in [2.05, 4.69) is 6.92 Å². The van der Waals surface area contributed by atoms with Crippen LogP contribution in [0.5, 0.6) is 5.75 Å². The molecular formula is C23H24ClNO4. The van der Waals surface area contributed by atoms with E-state index in [4.69, 9.17) is 16.3 Å². The monoisotopic (exact) mass is 413 g/mol. The van der Waals surface area contributed by atoms with Gasteiger partial charge in [0.25, 0.3) is 5.91 Å². The van der Waals surface area contributed by atoms with E-state index in [0.717, 1.165) is 12.0 Å². The number of carbonyl (C=O) groups excluding carboxylic acids is 2. The number of rotatable bonds is 4. The lowest BCUT2D eigenvalue weighted by atomic mass is 9.80. The maximum atomic E-state index is 13.5. The molecule has 152 valence electrons. The molecule has 2 aliphatic rings. The highest BCUT2D eigenvalue weighted by Gasteiger charge is 2.57. The Balaban J connectivity index is 1.85. The van der Waals surface area contributed by atoms with Crippen LogP contribution in [0, 0.1) is 0 Å². The van der Waals surface area contributed by atoms with Gasteiger partial charge in [0, 0.05) is 21.7 Å². The third-order valence-electron chi connectivity index (χ3n) is 6.10. The number of ether oxygens (including phenoxy) is 1. The van der Waals surface area contributed by atoms with Gasteiger partial charge in [0.15, 0.2) is 11.4 Å². The summed E-state index contributed by atoms with van der Waals surface area (Å²) in [6, 6.07) is 10.1. The Hall–Kier alpha value is -2.37. The molecule has 0 saturated carbocycles. The molecular weight excluding hydrogens is 390 g/mol. The van der Waals surface area contributed by atoms with Gasteiger partial charge in [0.2, 0.25) is 0 Å². The van der Waals surface area contributed by atoms with Gasteiger partial charge in [-0.1, -0.05) is 18.5 Å². The van der Waals surface area contributed by atoms with Crippen LogP contribution in [-0.4, -0.2) is 29.4 Å². The van der Waals surface area contributed by atoms with E-state index >= 15 is 0 Å². The molecule has 2 aromatic rings. The first-order chi connectivity index (χ1) is 13.6. The quantitative estimate of drug-likeness (QED) is 0.752. The lowest BCUT2D eigenvalue weighted by Gasteiger charge is -2.44. The standard InChI is InChI=1S/C23H24ClNO4/c1-13-11-22(2,3)25-20-17(13)9-16(29-4)10-18(20)23(28,21(25)27)12-19(26)14-5-7-15(24)8-6-14/h5-10,13,28H,11-12H2,1-4H3. The van der Waals surface area contributed by atoms with Gasteiger partial charge < -0.3 is 14.7 Å². The highest BCUT2D eigenvalue weighted by molar-refractivity contribution is 6.30. The molecule has 0 aromatic heterocycles. The first kappa shape index (κ1) is 19.9. The lowest BCUT2D eigenvalue weighted by molar-refractivity contribution is -0.137. The van der Waals surface area contributed by atoms with Gasteiger partial charge in [0.1, 0.15) is 5.75 Å². The molecule has 0 bridgehead atoms. The van der Waals surface area contributed by atoms with Crippen molar-refractivity contribution < 1.29 is 19.4 Å². The number of hydrogen-bond donors (Lipinski definition) is 1. The van der Waals surface area contributed by atoms with Crippen molar-refractivity contribution in [2.75, 3.05) is 12.0 Å². The van der Waals surface area contributed by atoms with E-state index in [1.807, 2.05) is 19.9 Å². The molecule has 6 heteroatoms. The molecule has 0 fully saturated rings. The second-order valence-corrected chi connectivity index (χ2v) is 9.07. The summed E-state index contributed by atoms with van der Waals surface area (Å²) < 4.78 is 5.43. The fraction of sp³-hybridized carbons (Fsp3) is 0.391. The minimum absolute atomic E-state index is 0.187. The van der Waals surface area contributed by atoms with Crippen LogP contribution >= 0.6 is 11.6 Å². The number of ketones is 1. The minimum atomic E-state index is -1.93. The van der Waals surface area contributed by atoms with E-state index in [0.29, 0.717) is 27.6 Å². The lowest BCUT2D eigenvalue weighted by Crippen LogP contribution is -2.53. The SMILES string of the molecule is COc1cc2c3c(c1)C(O)(CC(=O)c1ccc(Cl)cc1)C(=O)N3C(C)(C)CC2C. The average Bonchev–Trinajstić information content (AvgIpc) is 2.88. The van der Waals surface area contributed by atoms with Crippen LogP contribution in [0.25, 0.3) is 0 Å². The molecule has 0 aliphatic carbocycles. The second kappa shape index (κ2) is 6.57. The summed E-state index contributed by atoms with van der Waals surface area (Å²) in [5.74, 6) is -0.0226. The first-order valence-electron chi connectivity index (χ1n) is 9.67. The summed E-state index contributed by atoms with van der Waals surface area (Å²) in [7, 11) is 1.55. The van der Waals surface area contributed by atoms with Crippen molar-refractivity contribution in [2.45, 2.75) is 50.7 Å². The number of anilines is 1. The third-order valence-corrected chi connectivity index (χ3v) is 6.35. The fourth-order valence-electron chi connectivity index (χ4n) is 4.76. The van der Waals surface area contributed by atoms with E-state index < -0.39 is 17.0 Å². The van der Waals surface area contributed by atoms with Crippen LogP contribution in [0.1, 0.15) is 61.0 Å². The molecule has 1 amide bonds. The maximum Gasteiger partial charge on any atom is 0.264 e. The number of Topliss-reactive ketones (excluding diaryl/α,β-unsaturated/α-hetero) is 1. The van der Waals surface area contributed by atoms with Crippen molar-refractivity contribution in [1.82, 2.24) is 0 Å². The van der Waals surface area contributed by atoms with Gasteiger partial charge in [-0.15, -0.1) is 0 Å². The summed E-state index contributed by atoms with van der Waals surface area (Å²) in [6.45, 7) is 6.09. The van der Waals surface area contributed by atoms with Crippen LogP contribution < -0.4 is 9.64 Å². The third kappa shape index (κ3) is 2.95. The number of carbonyl (C=O) groups is 2. The fourth-order valence-corrected chi connectivity index (χ4v) is 4.88. The van der Waals surface area contributed by atoms with Crippen molar-refractivity contribution in [1.29, 1.82) is 0 Å². The Morgan fingerprint density at radius 1 is 1.28 bits per heavy atom. The molecule has 2 atom stereocenters. The van der Waals surface area contributed by atoms with Crippen LogP contribution in [-0.2, 0) is 10.4 Å². The van der Waals surface area contributed by atoms with Crippen molar-refractivity contribution in [3.8, 4) is 5.75 Å². The van der Waals surface area contributed by atoms with Gasteiger partial charge in [0.05, 0.1) is 19.2 Å². The molecule has 2 heterocycles. The predicted molar refractivity (Wildman–Crippen MR) is 112 cm³/mol. The number of nitrogens with zero attached hydrogens (tertiary/aromatic N) is 1. The number of aliphatic hydroxyl groups is 1. The molecule has 2 unspecified atom stereocenters. The van der Waals surface area contributed by atoms with Gasteiger partial charge in [-0.3, -0.25) is 9.59 Å². The van der Waals surface area contributed by atoms with E-state index in [1.54, 1.807) is 42.3 Å². The van der Waals surface area contributed by atoms with Crippen LogP contribution in [0.15, 0.2) is 36.4 Å². The Morgan fingerprint density at radius 2 is 1.93 bits per heavy atom. The highest BCUT2D eigenvalue weighted by Crippen LogP contribution is 2.55. The smallest absolute Gasteiger partial charge is 0.264 e. The average molecular weight is 414 g/mol. The zero-order chi connectivity index (χ0) is 21.1. The van der Waals surface area contributed by atoms with E-state index in [9.17, 15) is 14.7 Å². The summed E-state index contributed by atoms with van der Waals surface area (Å²) in [5.41, 5.74) is 0.116. The van der Waals surface area contributed by atoms with Crippen molar-refractivity contribution >= 4 is 29.0 Å². The normalized spacial score (nSPS) is 24.4. The number of hydrogen-bond acceptors (Lipinski definition) is 4. The number of methoxy groups -OCH3 is 1. The molecule has 0 spiro atoms. The van der Waals surface area contributed by atoms with Gasteiger partial charge in [-0.25, -0.2) is 0 Å². The van der Waals surface area contributed by atoms with Crippen molar-refractivity contribution in [3.05, 3.63) is 58.1 Å². The van der Waals surface area contributed by atoms with Crippen molar-refractivity contribution in [2.24, 2.45) is 0 Å². The molecule has 4 rings (SSSR count). The highest BCUT2D eigenvalue weighted by atomic mass is 35.5. The predicted octanol–water partition coefficient (Wildman–Crippen LogP) is 4.44. The molecule has 5 nitrogen and oxygen atoms in total. The number of benzene rings is 2. The van der Waals surface area contributed by atoms with E-state index in [1.165, 1.54) is 0 Å². The van der Waals surface area contributed by atoms with Gasteiger partial charge >= 0.3 is 0 Å². The molecule has 29 heavy (non-hydrogen) atoms. The Bertz CT molecular complexity index is 1010. The van der Waals surface area contributed by atoms with Crippen molar-refractivity contribution in [3.63, 3.8) is 0 Å². The molecule has 1 N–H and O–H groups in total. The van der Waals surface area contributed by atoms with E-state index in [-0.39, 0.29) is 18.1 Å².